The van der Waals surface area contributed by atoms with E-state index >= 15 is 0 Å². The molecule has 0 spiro atoms. The summed E-state index contributed by atoms with van der Waals surface area (Å²) < 4.78 is 0. The maximum absolute atomic E-state index is 10.2. The molecule has 0 unspecified atom stereocenters. The minimum atomic E-state index is 0. The minimum absolute atomic E-state index is 0. The molecule has 0 amide bonds. The van der Waals surface area contributed by atoms with Gasteiger partial charge in [-0.3, -0.25) is 0 Å². The maximum atomic E-state index is 10.2. The first-order valence-electron chi connectivity index (χ1n) is 16.7. The van der Waals surface area contributed by atoms with Gasteiger partial charge in [-0.1, -0.05) is 48.5 Å². The normalized spacial score (nSPS) is 11.8. The average molecular weight is 737 g/mol. The zero-order chi connectivity index (χ0) is 35.3. The fourth-order valence-electron chi connectivity index (χ4n) is 6.93. The smallest absolute Gasteiger partial charge is 0.115 e. The molecule has 53 heavy (non-hydrogen) atoms. The monoisotopic (exact) mass is 736 g/mol. The van der Waals surface area contributed by atoms with Crippen molar-refractivity contribution in [3.05, 3.63) is 144 Å². The van der Waals surface area contributed by atoms with Gasteiger partial charge in [0.25, 0.3) is 0 Å². The van der Waals surface area contributed by atoms with Crippen LogP contribution in [0.3, 0.4) is 0 Å². The van der Waals surface area contributed by atoms with Gasteiger partial charge in [0.2, 0.25) is 0 Å². The van der Waals surface area contributed by atoms with Gasteiger partial charge in [0.15, 0.2) is 0 Å². The van der Waals surface area contributed by atoms with E-state index in [2.05, 4.69) is 9.97 Å². The molecular formula is C44H30N4NiO4. The number of nitrogens with zero attached hydrogens (tertiary/aromatic N) is 2. The summed E-state index contributed by atoms with van der Waals surface area (Å²) in [5.74, 6) is 0.651. The van der Waals surface area contributed by atoms with Crippen molar-refractivity contribution in [2.24, 2.45) is 0 Å². The van der Waals surface area contributed by atoms with Crippen LogP contribution in [0.2, 0.25) is 0 Å². The van der Waals surface area contributed by atoms with E-state index in [-0.39, 0.29) is 39.5 Å². The van der Waals surface area contributed by atoms with Crippen LogP contribution in [-0.4, -0.2) is 40.4 Å². The predicted octanol–water partition coefficient (Wildman–Crippen LogP) is 10.1. The Morgan fingerprint density at radius 3 is 0.717 bits per heavy atom. The van der Waals surface area contributed by atoms with Crippen LogP contribution in [-0.2, 0) is 16.5 Å². The van der Waals surface area contributed by atoms with E-state index in [1.165, 1.54) is 0 Å². The van der Waals surface area contributed by atoms with Gasteiger partial charge < -0.3 is 30.4 Å². The summed E-state index contributed by atoms with van der Waals surface area (Å²) in [5, 5.41) is 40.7. The Balaban J connectivity index is 0.00000400. The first kappa shape index (κ1) is 33.3. The van der Waals surface area contributed by atoms with Crippen LogP contribution in [0.1, 0.15) is 22.8 Å². The summed E-state index contributed by atoms with van der Waals surface area (Å²) in [6.07, 6.45) is 7.96. The van der Waals surface area contributed by atoms with E-state index in [0.717, 1.165) is 89.4 Å². The number of aromatic hydroxyl groups is 4. The molecule has 7 aromatic rings. The van der Waals surface area contributed by atoms with Crippen molar-refractivity contribution >= 4 is 46.4 Å². The first-order valence-corrected chi connectivity index (χ1v) is 16.7. The Labute approximate surface area is 313 Å². The third-order valence-corrected chi connectivity index (χ3v) is 9.38. The SMILES string of the molecule is Oc1ccc(-c2c3nc(c(-c4ccc(O)cc4)c4ccc([nH]4)c(-c4ccc(O)cc4)c4nc(c(-c5ccc(O)cc5)c5ccc2[nH]5)C=C4)C=C3)cc1.[Ni]. The minimum Gasteiger partial charge on any atom is -0.508 e. The number of aromatic amines is 2. The van der Waals surface area contributed by atoms with Gasteiger partial charge in [0, 0.05) is 60.8 Å². The molecule has 0 saturated carbocycles. The molecule has 0 saturated heterocycles. The summed E-state index contributed by atoms with van der Waals surface area (Å²) in [5.41, 5.74) is 12.9. The summed E-state index contributed by atoms with van der Waals surface area (Å²) >= 11 is 0. The number of nitrogens with one attached hydrogen (secondary N) is 2. The molecule has 0 fully saturated rings. The van der Waals surface area contributed by atoms with Gasteiger partial charge in [-0.2, -0.15) is 0 Å². The summed E-state index contributed by atoms with van der Waals surface area (Å²) in [6.45, 7) is 0. The Kier molecular flexibility index (Phi) is 8.41. The molecule has 8 nitrogen and oxygen atoms in total. The fourth-order valence-corrected chi connectivity index (χ4v) is 6.93. The molecule has 5 heterocycles. The quantitative estimate of drug-likeness (QED) is 0.0995. The predicted molar refractivity (Wildman–Crippen MR) is 207 cm³/mol. The second kappa shape index (κ2) is 13.4. The van der Waals surface area contributed by atoms with E-state index in [0.29, 0.717) is 0 Å². The number of hydrogen-bond donors (Lipinski definition) is 6. The van der Waals surface area contributed by atoms with Gasteiger partial charge in [-0.25, -0.2) is 9.97 Å². The Bertz CT molecular complexity index is 2370. The largest absolute Gasteiger partial charge is 0.508 e. The van der Waals surface area contributed by atoms with Crippen molar-refractivity contribution in [3.63, 3.8) is 0 Å². The van der Waals surface area contributed by atoms with Crippen molar-refractivity contribution in [3.8, 4) is 67.5 Å². The van der Waals surface area contributed by atoms with E-state index in [1.807, 2.05) is 97.1 Å². The molecule has 8 bridgehead atoms. The molecule has 6 N–H and O–H groups in total. The zero-order valence-electron chi connectivity index (χ0n) is 27.9. The molecule has 0 radical (unpaired) electrons. The number of benzene rings is 4. The van der Waals surface area contributed by atoms with E-state index < -0.39 is 0 Å². The number of H-pyrrole nitrogens is 2. The van der Waals surface area contributed by atoms with Crippen molar-refractivity contribution in [1.29, 1.82) is 0 Å². The topological polar surface area (TPSA) is 138 Å². The van der Waals surface area contributed by atoms with Crippen molar-refractivity contribution in [2.75, 3.05) is 0 Å². The molecule has 4 aromatic carbocycles. The number of rotatable bonds is 4. The number of fused-ring (bicyclic) bond motifs is 8. The second-order valence-corrected chi connectivity index (χ2v) is 12.7. The molecular weight excluding hydrogens is 707 g/mol. The number of aromatic nitrogens is 4. The molecule has 0 atom stereocenters. The molecule has 2 aliphatic heterocycles. The second-order valence-electron chi connectivity index (χ2n) is 12.7. The van der Waals surface area contributed by atoms with Gasteiger partial charge in [-0.15, -0.1) is 0 Å². The average Bonchev–Trinajstić information content (AvgIpc) is 3.99. The van der Waals surface area contributed by atoms with Gasteiger partial charge in [0.05, 0.1) is 22.8 Å². The molecule has 9 heteroatoms. The molecule has 260 valence electrons. The van der Waals surface area contributed by atoms with Crippen LogP contribution in [0.4, 0.5) is 0 Å². The van der Waals surface area contributed by atoms with E-state index in [4.69, 9.17) is 9.97 Å². The zero-order valence-corrected chi connectivity index (χ0v) is 28.8. The number of hydrogen-bond acceptors (Lipinski definition) is 6. The number of phenolic OH excluding ortho intramolecular Hbond substituents is 4. The fraction of sp³-hybridized carbons (Fsp3) is 0. The molecule has 0 aliphatic carbocycles. The van der Waals surface area contributed by atoms with Crippen LogP contribution >= 0.6 is 0 Å². The van der Waals surface area contributed by atoms with Gasteiger partial charge in [-0.05, 0) is 119 Å². The van der Waals surface area contributed by atoms with Crippen LogP contribution in [0.5, 0.6) is 23.0 Å². The Morgan fingerprint density at radius 2 is 0.509 bits per heavy atom. The van der Waals surface area contributed by atoms with Gasteiger partial charge >= 0.3 is 0 Å². The van der Waals surface area contributed by atoms with Crippen molar-refractivity contribution < 1.29 is 36.9 Å². The van der Waals surface area contributed by atoms with Crippen LogP contribution < -0.4 is 0 Å². The van der Waals surface area contributed by atoms with Gasteiger partial charge in [0.1, 0.15) is 23.0 Å². The van der Waals surface area contributed by atoms with Crippen molar-refractivity contribution in [1.82, 2.24) is 19.9 Å². The third-order valence-electron chi connectivity index (χ3n) is 9.38. The maximum Gasteiger partial charge on any atom is 0.115 e. The summed E-state index contributed by atoms with van der Waals surface area (Å²) in [4.78, 5) is 17.8. The first-order chi connectivity index (χ1) is 25.4. The van der Waals surface area contributed by atoms with Crippen LogP contribution in [0.25, 0.3) is 90.9 Å². The van der Waals surface area contributed by atoms with Crippen LogP contribution in [0.15, 0.2) is 121 Å². The standard InChI is InChI=1S/C44H30N4O4.Ni/c49-29-9-1-25(2-10-29)41-33-17-19-35(45-33)42(26-3-11-30(50)12-4-26)37-21-23-39(47-37)44(28-7-15-32(52)16-8-28)40-24-22-38(48-40)43(36-20-18-34(41)46-36)27-5-13-31(51)14-6-27;/h1-24,45,48-52H;. The molecule has 2 aliphatic rings. The number of phenols is 4. The van der Waals surface area contributed by atoms with Crippen molar-refractivity contribution in [2.45, 2.75) is 0 Å². The Morgan fingerprint density at radius 1 is 0.302 bits per heavy atom. The Hall–Kier alpha value is -6.83. The van der Waals surface area contributed by atoms with E-state index in [1.54, 1.807) is 48.5 Å². The summed E-state index contributed by atoms with van der Waals surface area (Å²) in [6, 6.07) is 36.3. The summed E-state index contributed by atoms with van der Waals surface area (Å²) in [7, 11) is 0. The molecule has 9 rings (SSSR count). The van der Waals surface area contributed by atoms with Crippen LogP contribution in [0, 0.1) is 0 Å². The molecule has 3 aromatic heterocycles. The van der Waals surface area contributed by atoms with E-state index in [9.17, 15) is 20.4 Å². The third kappa shape index (κ3) is 6.13.